The van der Waals surface area contributed by atoms with Crippen molar-refractivity contribution in [2.24, 2.45) is 5.92 Å². The van der Waals surface area contributed by atoms with Gasteiger partial charge in [-0.25, -0.2) is 0 Å². The van der Waals surface area contributed by atoms with E-state index in [1.807, 2.05) is 0 Å². The second kappa shape index (κ2) is 5.00. The van der Waals surface area contributed by atoms with E-state index in [0.717, 1.165) is 13.1 Å². The average molecular weight is 264 g/mol. The zero-order chi connectivity index (χ0) is 13.4. The molecule has 18 heavy (non-hydrogen) atoms. The second-order valence-corrected chi connectivity index (χ2v) is 6.36. The lowest BCUT2D eigenvalue weighted by Crippen LogP contribution is -2.62. The Morgan fingerprint density at radius 1 is 1.28 bits per heavy atom. The van der Waals surface area contributed by atoms with Gasteiger partial charge in [-0.1, -0.05) is 0 Å². The minimum absolute atomic E-state index is 0.0175. The van der Waals surface area contributed by atoms with Gasteiger partial charge in [-0.3, -0.25) is 4.90 Å². The van der Waals surface area contributed by atoms with Crippen LogP contribution in [0.15, 0.2) is 0 Å². The van der Waals surface area contributed by atoms with Gasteiger partial charge in [0.25, 0.3) is 0 Å². The van der Waals surface area contributed by atoms with Gasteiger partial charge in [0, 0.05) is 31.1 Å². The Bertz CT molecular complexity index is 284. The van der Waals surface area contributed by atoms with Crippen LogP contribution in [0.2, 0.25) is 0 Å². The summed E-state index contributed by atoms with van der Waals surface area (Å²) in [5.41, 5.74) is 0.0175. The van der Waals surface area contributed by atoms with Crippen molar-refractivity contribution in [2.45, 2.75) is 57.3 Å². The highest BCUT2D eigenvalue weighted by molar-refractivity contribution is 4.98. The molecule has 106 valence electrons. The molecule has 0 bridgehead atoms. The van der Waals surface area contributed by atoms with Crippen molar-refractivity contribution >= 4 is 0 Å². The highest BCUT2D eigenvalue weighted by Gasteiger charge is 2.40. The molecule has 0 amide bonds. The Morgan fingerprint density at radius 2 is 1.94 bits per heavy atom. The normalized spacial score (nSPS) is 29.5. The molecule has 1 saturated heterocycles. The second-order valence-electron chi connectivity index (χ2n) is 6.36. The number of piperazine rings is 1. The smallest absolute Gasteiger partial charge is 0.309 e. The summed E-state index contributed by atoms with van der Waals surface area (Å²) in [5.74, 6) is 0.708. The van der Waals surface area contributed by atoms with E-state index in [-0.39, 0.29) is 12.0 Å². The fourth-order valence-corrected chi connectivity index (χ4v) is 2.86. The van der Waals surface area contributed by atoms with E-state index in [0.29, 0.717) is 18.5 Å². The standard InChI is InChI=1S/C13H23F3N2/c1-12(2)9-18(7-3-6-13(14,15)16)11(8-17-12)10-4-5-10/h10-11,17H,3-9H2,1-2H3. The van der Waals surface area contributed by atoms with Crippen LogP contribution in [0, 0.1) is 5.92 Å². The van der Waals surface area contributed by atoms with Gasteiger partial charge >= 0.3 is 6.18 Å². The quantitative estimate of drug-likeness (QED) is 0.840. The van der Waals surface area contributed by atoms with Crippen LogP contribution in [0.1, 0.15) is 39.5 Å². The molecule has 1 N–H and O–H groups in total. The fraction of sp³-hybridized carbons (Fsp3) is 1.00. The fourth-order valence-electron chi connectivity index (χ4n) is 2.86. The average Bonchev–Trinajstić information content (AvgIpc) is 2.98. The van der Waals surface area contributed by atoms with Gasteiger partial charge in [0.2, 0.25) is 0 Å². The molecule has 0 aromatic heterocycles. The van der Waals surface area contributed by atoms with Gasteiger partial charge in [-0.15, -0.1) is 0 Å². The van der Waals surface area contributed by atoms with Gasteiger partial charge in [0.15, 0.2) is 0 Å². The summed E-state index contributed by atoms with van der Waals surface area (Å²) in [5, 5.41) is 3.50. The van der Waals surface area contributed by atoms with Gasteiger partial charge in [0.1, 0.15) is 0 Å². The number of nitrogens with zero attached hydrogens (tertiary/aromatic N) is 1. The first-order valence-electron chi connectivity index (χ1n) is 6.83. The third-order valence-corrected chi connectivity index (χ3v) is 3.93. The van der Waals surface area contributed by atoms with Crippen molar-refractivity contribution in [3.05, 3.63) is 0 Å². The van der Waals surface area contributed by atoms with Gasteiger partial charge in [-0.05, 0) is 45.6 Å². The van der Waals surface area contributed by atoms with E-state index in [1.165, 1.54) is 12.8 Å². The van der Waals surface area contributed by atoms with Gasteiger partial charge in [0.05, 0.1) is 0 Å². The molecule has 2 fully saturated rings. The van der Waals surface area contributed by atoms with Crippen molar-refractivity contribution in [3.63, 3.8) is 0 Å². The molecule has 0 radical (unpaired) electrons. The van der Waals surface area contributed by atoms with Crippen molar-refractivity contribution < 1.29 is 13.2 Å². The molecule has 0 aromatic carbocycles. The molecule has 1 atom stereocenters. The zero-order valence-corrected chi connectivity index (χ0v) is 11.2. The Labute approximate surface area is 107 Å². The lowest BCUT2D eigenvalue weighted by atomic mass is 9.96. The minimum atomic E-state index is -4.02. The highest BCUT2D eigenvalue weighted by atomic mass is 19.4. The van der Waals surface area contributed by atoms with E-state index >= 15 is 0 Å². The summed E-state index contributed by atoms with van der Waals surface area (Å²) in [6.07, 6.45) is -1.97. The molecule has 1 aliphatic heterocycles. The first-order chi connectivity index (χ1) is 8.27. The third kappa shape index (κ3) is 4.12. The number of alkyl halides is 3. The number of halogens is 3. The molecule has 2 aliphatic rings. The topological polar surface area (TPSA) is 15.3 Å². The van der Waals surface area contributed by atoms with Gasteiger partial charge < -0.3 is 5.32 Å². The Hall–Kier alpha value is -0.290. The van der Waals surface area contributed by atoms with Crippen LogP contribution in [0.4, 0.5) is 13.2 Å². The minimum Gasteiger partial charge on any atom is -0.309 e. The lowest BCUT2D eigenvalue weighted by molar-refractivity contribution is -0.136. The summed E-state index contributed by atoms with van der Waals surface area (Å²) in [4.78, 5) is 2.28. The predicted octanol–water partition coefficient (Wildman–Crippen LogP) is 2.79. The Balaban J connectivity index is 1.85. The molecule has 2 rings (SSSR count). The summed E-state index contributed by atoms with van der Waals surface area (Å²) >= 11 is 0. The van der Waals surface area contributed by atoms with Crippen molar-refractivity contribution in [1.82, 2.24) is 10.2 Å². The van der Waals surface area contributed by atoms with E-state index in [1.54, 1.807) is 0 Å². The number of nitrogens with one attached hydrogen (secondary N) is 1. The van der Waals surface area contributed by atoms with Crippen LogP contribution in [-0.2, 0) is 0 Å². The summed E-state index contributed by atoms with van der Waals surface area (Å²) < 4.78 is 36.6. The van der Waals surface area contributed by atoms with E-state index < -0.39 is 12.6 Å². The molecule has 0 spiro atoms. The SMILES string of the molecule is CC1(C)CN(CCCC(F)(F)F)C(C2CC2)CN1. The van der Waals surface area contributed by atoms with Crippen LogP contribution in [0.5, 0.6) is 0 Å². The van der Waals surface area contributed by atoms with Crippen molar-refractivity contribution in [3.8, 4) is 0 Å². The maximum atomic E-state index is 12.2. The first-order valence-corrected chi connectivity index (χ1v) is 6.83. The van der Waals surface area contributed by atoms with E-state index in [4.69, 9.17) is 0 Å². The molecule has 1 saturated carbocycles. The van der Waals surface area contributed by atoms with Crippen molar-refractivity contribution in [1.29, 1.82) is 0 Å². The Kier molecular flexibility index (Phi) is 3.93. The molecule has 1 unspecified atom stereocenters. The summed E-state index contributed by atoms with van der Waals surface area (Å²) in [7, 11) is 0. The molecule has 5 heteroatoms. The van der Waals surface area contributed by atoms with Crippen LogP contribution < -0.4 is 5.32 Å². The maximum Gasteiger partial charge on any atom is 0.389 e. The van der Waals surface area contributed by atoms with Gasteiger partial charge in [-0.2, -0.15) is 13.2 Å². The molecule has 2 nitrogen and oxygen atoms in total. The number of rotatable bonds is 4. The number of hydrogen-bond acceptors (Lipinski definition) is 2. The van der Waals surface area contributed by atoms with Crippen LogP contribution in [-0.4, -0.2) is 42.3 Å². The van der Waals surface area contributed by atoms with E-state index in [9.17, 15) is 13.2 Å². The molecular formula is C13H23F3N2. The maximum absolute atomic E-state index is 12.2. The van der Waals surface area contributed by atoms with Crippen molar-refractivity contribution in [2.75, 3.05) is 19.6 Å². The summed E-state index contributed by atoms with van der Waals surface area (Å²) in [6.45, 7) is 6.58. The largest absolute Gasteiger partial charge is 0.389 e. The highest BCUT2D eigenvalue weighted by Crippen LogP contribution is 2.37. The molecule has 1 heterocycles. The molecular weight excluding hydrogens is 241 g/mol. The van der Waals surface area contributed by atoms with Crippen LogP contribution in [0.3, 0.4) is 0 Å². The van der Waals surface area contributed by atoms with E-state index in [2.05, 4.69) is 24.1 Å². The third-order valence-electron chi connectivity index (χ3n) is 3.93. The van der Waals surface area contributed by atoms with Crippen LogP contribution >= 0.6 is 0 Å². The van der Waals surface area contributed by atoms with Crippen LogP contribution in [0.25, 0.3) is 0 Å². The predicted molar refractivity (Wildman–Crippen MR) is 65.5 cm³/mol. The number of hydrogen-bond donors (Lipinski definition) is 1. The lowest BCUT2D eigenvalue weighted by Gasteiger charge is -2.45. The first kappa shape index (κ1) is 14.1. The Morgan fingerprint density at radius 3 is 2.50 bits per heavy atom. The summed E-state index contributed by atoms with van der Waals surface area (Å²) in [6, 6.07) is 0.450. The molecule has 0 aromatic rings. The molecule has 1 aliphatic carbocycles. The monoisotopic (exact) mass is 264 g/mol. The zero-order valence-electron chi connectivity index (χ0n) is 11.2.